The number of fused-ring (bicyclic) bond motifs is 2. The molecule has 0 aliphatic carbocycles. The summed E-state index contributed by atoms with van der Waals surface area (Å²) in [6.45, 7) is 3.89. The molecular weight excluding hydrogens is 1020 g/mol. The van der Waals surface area contributed by atoms with Gasteiger partial charge in [-0.05, 0) is 106 Å². The number of anilines is 2. The van der Waals surface area contributed by atoms with Gasteiger partial charge >= 0.3 is 118 Å². The summed E-state index contributed by atoms with van der Waals surface area (Å²) in [5.74, 6) is -2.18. The van der Waals surface area contributed by atoms with Gasteiger partial charge in [0.15, 0.2) is 0 Å². The van der Waals surface area contributed by atoms with E-state index < -0.39 is 105 Å². The van der Waals surface area contributed by atoms with Gasteiger partial charge < -0.3 is 40.3 Å². The molecule has 22 nitrogen and oxygen atoms in total. The van der Waals surface area contributed by atoms with Crippen molar-refractivity contribution in [1.29, 1.82) is 0 Å². The molecule has 6 aromatic rings. The molecular formula is C38H32N6Na4O16S4. The van der Waals surface area contributed by atoms with E-state index >= 15 is 0 Å². The summed E-state index contributed by atoms with van der Waals surface area (Å²) in [5, 5.41) is 41.3. The van der Waals surface area contributed by atoms with Crippen molar-refractivity contribution in [1.82, 2.24) is 0 Å². The van der Waals surface area contributed by atoms with E-state index in [1.807, 2.05) is 0 Å². The van der Waals surface area contributed by atoms with Crippen LogP contribution in [-0.2, 0) is 40.5 Å². The Hall–Kier alpha value is -2.52. The summed E-state index contributed by atoms with van der Waals surface area (Å²) >= 11 is 0. The van der Waals surface area contributed by atoms with Crippen LogP contribution in [0.4, 0.5) is 34.1 Å². The number of azo groups is 2. The van der Waals surface area contributed by atoms with Crippen LogP contribution in [0, 0.1) is 0 Å². The zero-order valence-electron chi connectivity index (χ0n) is 36.9. The SMILES string of the molecule is CCCOc1cc(-c2ccc(N=Nc3c(S(=O)(=O)O)cc4cc(S(=O)(=O)[O-])cc(N)c4c3[O-])c(OCCC)c2)ccc1N=Nc1c(S(=O)(=O)O)cc2cc(S(=O)(=O)[O-])cc(N)c2c1[O-].[Na+].[Na+].[Na+].[Na+]. The molecule has 0 amide bonds. The molecule has 0 saturated heterocycles. The van der Waals surface area contributed by atoms with Crippen molar-refractivity contribution in [2.45, 2.75) is 46.3 Å². The largest absolute Gasteiger partial charge is 1.00 e. The van der Waals surface area contributed by atoms with E-state index in [-0.39, 0.29) is 165 Å². The number of rotatable bonds is 15. The van der Waals surface area contributed by atoms with Crippen LogP contribution in [0.2, 0.25) is 0 Å². The Labute approximate surface area is 478 Å². The van der Waals surface area contributed by atoms with Gasteiger partial charge in [0.25, 0.3) is 20.2 Å². The van der Waals surface area contributed by atoms with E-state index in [1.54, 1.807) is 13.8 Å². The van der Waals surface area contributed by atoms with Crippen molar-refractivity contribution in [3.8, 4) is 34.1 Å². The standard InChI is InChI=1S/C38H36N6O16S4.4Na/c1-3-9-59-29-13-19(5-7-27(29)41-43-35-31(63(53,54)55)15-21-11-23(61(47,48)49)17-25(39)33(21)37(35)45)20-6-8-28(30(14-20)60-10-4-2)42-44-36-32(64(56,57)58)16-22-12-24(62(50,51)52)18-26(40)34(22)38(36)46;;;;/h5-8,11-18,45-46H,3-4,9-10,39-40H2,1-2H3,(H,47,48,49)(H,50,51,52)(H,53,54,55)(H,56,57,58);;;;/q;4*+1/p-4. The third kappa shape index (κ3) is 13.9. The summed E-state index contributed by atoms with van der Waals surface area (Å²) in [6, 6.07) is 13.2. The molecule has 0 bridgehead atoms. The number of nitrogens with two attached hydrogens (primary N) is 2. The molecule has 0 unspecified atom stereocenters. The average Bonchev–Trinajstić information content (AvgIpc) is 3.19. The van der Waals surface area contributed by atoms with Gasteiger partial charge in [0.2, 0.25) is 0 Å². The molecule has 0 atom stereocenters. The first-order valence-electron chi connectivity index (χ1n) is 18.2. The summed E-state index contributed by atoms with van der Waals surface area (Å²) in [4.78, 5) is -3.83. The molecule has 0 aromatic heterocycles. The van der Waals surface area contributed by atoms with Crippen LogP contribution in [0.25, 0.3) is 32.7 Å². The fourth-order valence-electron chi connectivity index (χ4n) is 6.24. The summed E-state index contributed by atoms with van der Waals surface area (Å²) in [5.41, 5.74) is 9.89. The fourth-order valence-corrected chi connectivity index (χ4v) is 8.63. The van der Waals surface area contributed by atoms with Crippen molar-refractivity contribution in [3.63, 3.8) is 0 Å². The molecule has 0 spiro atoms. The van der Waals surface area contributed by atoms with Crippen LogP contribution in [0.15, 0.2) is 113 Å². The van der Waals surface area contributed by atoms with Gasteiger partial charge in [-0.15, -0.1) is 20.5 Å². The molecule has 0 heterocycles. The van der Waals surface area contributed by atoms with Crippen molar-refractivity contribution >= 4 is 96.1 Å². The predicted molar refractivity (Wildman–Crippen MR) is 223 cm³/mol. The van der Waals surface area contributed by atoms with Gasteiger partial charge in [0, 0.05) is 11.4 Å². The maximum Gasteiger partial charge on any atom is 1.00 e. The van der Waals surface area contributed by atoms with Gasteiger partial charge in [-0.3, -0.25) is 9.11 Å². The average molecular weight is 1050 g/mol. The Morgan fingerprint density at radius 1 is 0.529 bits per heavy atom. The molecule has 0 aliphatic rings. The topological polar surface area (TPSA) is 389 Å². The van der Waals surface area contributed by atoms with E-state index in [9.17, 15) is 62.1 Å². The van der Waals surface area contributed by atoms with Crippen LogP contribution in [0.5, 0.6) is 23.0 Å². The smallest absolute Gasteiger partial charge is 0.870 e. The van der Waals surface area contributed by atoms with Crippen molar-refractivity contribution in [2.75, 3.05) is 24.7 Å². The molecule has 0 fully saturated rings. The van der Waals surface area contributed by atoms with Crippen LogP contribution in [-0.4, -0.2) is 65.1 Å². The van der Waals surface area contributed by atoms with Crippen molar-refractivity contribution < 1.29 is 190 Å². The quantitative estimate of drug-likeness (QED) is 0.0322. The molecule has 6 aromatic carbocycles. The zero-order chi connectivity index (χ0) is 47.1. The maximum absolute atomic E-state index is 13.6. The number of hydrogen-bond acceptors (Lipinski definition) is 20. The van der Waals surface area contributed by atoms with E-state index in [4.69, 9.17) is 20.9 Å². The second-order valence-corrected chi connectivity index (χ2v) is 19.2. The maximum atomic E-state index is 13.6. The molecule has 338 valence electrons. The minimum Gasteiger partial charge on any atom is -0.870 e. The van der Waals surface area contributed by atoms with Crippen molar-refractivity contribution in [2.24, 2.45) is 20.5 Å². The van der Waals surface area contributed by atoms with Gasteiger partial charge in [-0.2, -0.15) is 16.8 Å². The van der Waals surface area contributed by atoms with E-state index in [0.717, 1.165) is 36.4 Å². The molecule has 0 radical (unpaired) electrons. The normalized spacial score (nSPS) is 12.0. The summed E-state index contributed by atoms with van der Waals surface area (Å²) in [7, 11) is -20.6. The first-order chi connectivity index (χ1) is 29.8. The first kappa shape index (κ1) is 61.6. The first-order valence-corrected chi connectivity index (χ1v) is 23.9. The molecule has 6 N–H and O–H groups in total. The molecule has 6 rings (SSSR count). The van der Waals surface area contributed by atoms with E-state index in [0.29, 0.717) is 24.0 Å². The minimum atomic E-state index is -5.21. The Morgan fingerprint density at radius 2 is 0.868 bits per heavy atom. The Balaban J connectivity index is 0.00000397. The van der Waals surface area contributed by atoms with Crippen LogP contribution in [0.1, 0.15) is 26.7 Å². The molecule has 30 heteroatoms. The fraction of sp³-hybridized carbons (Fsp3) is 0.158. The number of nitrogen functional groups attached to an aromatic ring is 2. The van der Waals surface area contributed by atoms with Crippen LogP contribution >= 0.6 is 0 Å². The number of benzene rings is 6. The van der Waals surface area contributed by atoms with Crippen LogP contribution < -0.4 is 149 Å². The number of hydrogen-bond donors (Lipinski definition) is 4. The third-order valence-corrected chi connectivity index (χ3v) is 12.5. The predicted octanol–water partition coefficient (Wildman–Crippen LogP) is -6.30. The summed E-state index contributed by atoms with van der Waals surface area (Å²) < 4.78 is 151. The van der Waals surface area contributed by atoms with E-state index in [1.165, 1.54) is 36.4 Å². The second kappa shape index (κ2) is 24.3. The van der Waals surface area contributed by atoms with E-state index in [2.05, 4.69) is 20.5 Å². The van der Waals surface area contributed by atoms with Gasteiger partial charge in [-0.1, -0.05) is 37.5 Å². The monoisotopic (exact) mass is 1050 g/mol. The van der Waals surface area contributed by atoms with Crippen LogP contribution in [0.3, 0.4) is 0 Å². The zero-order valence-corrected chi connectivity index (χ0v) is 48.2. The van der Waals surface area contributed by atoms with Gasteiger partial charge in [-0.25, -0.2) is 16.8 Å². The van der Waals surface area contributed by atoms with Gasteiger partial charge in [0.1, 0.15) is 52.9 Å². The Kier molecular flexibility index (Phi) is 22.0. The van der Waals surface area contributed by atoms with Crippen molar-refractivity contribution in [3.05, 3.63) is 72.8 Å². The Morgan fingerprint density at radius 3 is 1.16 bits per heavy atom. The number of nitrogens with zero attached hydrogens (tertiary/aromatic N) is 4. The van der Waals surface area contributed by atoms with Gasteiger partial charge in [0.05, 0.1) is 34.4 Å². The molecule has 0 aliphatic heterocycles. The number of ether oxygens (including phenoxy) is 2. The molecule has 0 saturated carbocycles. The Bertz CT molecular complexity index is 3210. The second-order valence-electron chi connectivity index (χ2n) is 13.6. The molecule has 68 heavy (non-hydrogen) atoms. The summed E-state index contributed by atoms with van der Waals surface area (Å²) in [6.07, 6.45) is 1.02. The third-order valence-electron chi connectivity index (χ3n) is 9.09. The minimum absolute atomic E-state index is 0.